The molecule has 5 rings (SSSR count). The summed E-state index contributed by atoms with van der Waals surface area (Å²) in [5, 5.41) is 6.76. The third-order valence-corrected chi connectivity index (χ3v) is 5.87. The number of fused-ring (bicyclic) bond motifs is 1. The zero-order valence-electron chi connectivity index (χ0n) is 19.5. The largest absolute Gasteiger partial charge is 0.495 e. The summed E-state index contributed by atoms with van der Waals surface area (Å²) >= 11 is 0. The smallest absolute Gasteiger partial charge is 0.251 e. The number of anilines is 2. The SMILES string of the molecule is CNC(=O)c1ccc(Nc2cc3[nH]cc(-c4cnccn4)c3c(OC3CCOCC3)n2)c(OC)c1. The molecule has 3 aromatic heterocycles. The Hall–Kier alpha value is -4.18. The van der Waals surface area contributed by atoms with Crippen molar-refractivity contribution in [3.05, 3.63) is 54.6 Å². The first kappa shape index (κ1) is 22.6. The molecule has 10 nitrogen and oxygen atoms in total. The van der Waals surface area contributed by atoms with E-state index in [4.69, 9.17) is 19.2 Å². The average Bonchev–Trinajstić information content (AvgIpc) is 3.34. The van der Waals surface area contributed by atoms with Crippen LogP contribution in [0.4, 0.5) is 11.5 Å². The molecule has 0 bridgehead atoms. The first-order valence-corrected chi connectivity index (χ1v) is 11.4. The number of nitrogens with zero attached hydrogens (tertiary/aromatic N) is 3. The van der Waals surface area contributed by atoms with Gasteiger partial charge in [-0.2, -0.15) is 4.98 Å². The Morgan fingerprint density at radius 3 is 2.80 bits per heavy atom. The Bertz CT molecular complexity index is 1330. The standard InChI is InChI=1S/C25H26N6O4/c1-26-24(32)15-3-4-18(21(11-15)33-2)30-22-12-19-23(17(13-29-19)20-14-27-7-8-28-20)25(31-22)35-16-5-9-34-10-6-16/h3-4,7-8,11-14,16,29H,5-6,9-10H2,1-2H3,(H,26,32)(H,30,31). The van der Waals surface area contributed by atoms with E-state index in [1.807, 2.05) is 12.3 Å². The molecule has 1 amide bonds. The number of rotatable bonds is 7. The maximum absolute atomic E-state index is 12.0. The van der Waals surface area contributed by atoms with Gasteiger partial charge < -0.3 is 29.8 Å². The Labute approximate surface area is 202 Å². The van der Waals surface area contributed by atoms with E-state index in [1.54, 1.807) is 50.9 Å². The minimum absolute atomic E-state index is 0.000633. The van der Waals surface area contributed by atoms with Gasteiger partial charge in [-0.1, -0.05) is 0 Å². The predicted molar refractivity (Wildman–Crippen MR) is 131 cm³/mol. The number of ether oxygens (including phenoxy) is 3. The number of aromatic amines is 1. The second-order valence-corrected chi connectivity index (χ2v) is 8.08. The van der Waals surface area contributed by atoms with Crippen LogP contribution in [0.1, 0.15) is 23.2 Å². The molecule has 0 saturated carbocycles. The third kappa shape index (κ3) is 4.73. The highest BCUT2D eigenvalue weighted by atomic mass is 16.5. The molecule has 0 aliphatic carbocycles. The fourth-order valence-electron chi connectivity index (χ4n) is 4.08. The summed E-state index contributed by atoms with van der Waals surface area (Å²) in [6.45, 7) is 1.32. The number of amides is 1. The monoisotopic (exact) mass is 474 g/mol. The van der Waals surface area contributed by atoms with Gasteiger partial charge in [0.1, 0.15) is 17.7 Å². The lowest BCUT2D eigenvalue weighted by molar-refractivity contribution is 0.0245. The van der Waals surface area contributed by atoms with E-state index in [9.17, 15) is 4.79 Å². The number of nitrogens with one attached hydrogen (secondary N) is 3. The van der Waals surface area contributed by atoms with Crippen molar-refractivity contribution in [2.75, 3.05) is 32.7 Å². The average molecular weight is 475 g/mol. The maximum atomic E-state index is 12.0. The summed E-state index contributed by atoms with van der Waals surface area (Å²) in [4.78, 5) is 28.8. The molecule has 180 valence electrons. The lowest BCUT2D eigenvalue weighted by atomic mass is 10.1. The molecule has 0 radical (unpaired) electrons. The topological polar surface area (TPSA) is 123 Å². The molecule has 1 aliphatic rings. The molecule has 10 heteroatoms. The van der Waals surface area contributed by atoms with Gasteiger partial charge in [0.05, 0.1) is 48.8 Å². The van der Waals surface area contributed by atoms with Gasteiger partial charge in [-0.3, -0.25) is 14.8 Å². The Kier molecular flexibility index (Phi) is 6.44. The molecule has 4 heterocycles. The van der Waals surface area contributed by atoms with Gasteiger partial charge in [0.15, 0.2) is 0 Å². The second-order valence-electron chi connectivity index (χ2n) is 8.08. The van der Waals surface area contributed by atoms with E-state index in [-0.39, 0.29) is 12.0 Å². The molecule has 0 unspecified atom stereocenters. The van der Waals surface area contributed by atoms with Crippen molar-refractivity contribution in [2.24, 2.45) is 0 Å². The van der Waals surface area contributed by atoms with Crippen molar-refractivity contribution in [3.63, 3.8) is 0 Å². The fraction of sp³-hybridized carbons (Fsp3) is 0.280. The number of methoxy groups -OCH3 is 1. The number of carbonyl (C=O) groups is 1. The minimum Gasteiger partial charge on any atom is -0.495 e. The summed E-state index contributed by atoms with van der Waals surface area (Å²) in [5.41, 5.74) is 3.60. The molecular weight excluding hydrogens is 448 g/mol. The second kappa shape index (κ2) is 9.98. The Morgan fingerprint density at radius 2 is 2.06 bits per heavy atom. The van der Waals surface area contributed by atoms with Crippen LogP contribution in [-0.2, 0) is 4.74 Å². The van der Waals surface area contributed by atoms with Gasteiger partial charge in [-0.25, -0.2) is 0 Å². The highest BCUT2D eigenvalue weighted by Crippen LogP contribution is 2.37. The van der Waals surface area contributed by atoms with Crippen molar-refractivity contribution < 1.29 is 19.0 Å². The first-order chi connectivity index (χ1) is 17.2. The summed E-state index contributed by atoms with van der Waals surface area (Å²) in [7, 11) is 3.15. The van der Waals surface area contributed by atoms with Crippen LogP contribution in [0.25, 0.3) is 22.2 Å². The molecule has 1 aliphatic heterocycles. The summed E-state index contributed by atoms with van der Waals surface area (Å²) in [6.07, 6.45) is 8.48. The van der Waals surface area contributed by atoms with Gasteiger partial charge in [0, 0.05) is 55.7 Å². The van der Waals surface area contributed by atoms with Crippen molar-refractivity contribution in [1.82, 2.24) is 25.3 Å². The Balaban J connectivity index is 1.55. The lowest BCUT2D eigenvalue weighted by Crippen LogP contribution is -2.26. The van der Waals surface area contributed by atoms with E-state index in [0.29, 0.717) is 41.9 Å². The van der Waals surface area contributed by atoms with Crippen LogP contribution in [0, 0.1) is 0 Å². The highest BCUT2D eigenvalue weighted by molar-refractivity contribution is 5.99. The molecule has 1 aromatic carbocycles. The molecule has 4 aromatic rings. The van der Waals surface area contributed by atoms with Crippen LogP contribution < -0.4 is 20.1 Å². The van der Waals surface area contributed by atoms with Crippen molar-refractivity contribution in [3.8, 4) is 22.9 Å². The molecule has 0 spiro atoms. The van der Waals surface area contributed by atoms with Crippen LogP contribution in [0.2, 0.25) is 0 Å². The molecule has 1 saturated heterocycles. The van der Waals surface area contributed by atoms with E-state index in [2.05, 4.69) is 25.6 Å². The normalized spacial score (nSPS) is 14.0. The molecule has 3 N–H and O–H groups in total. The van der Waals surface area contributed by atoms with E-state index >= 15 is 0 Å². The fourth-order valence-corrected chi connectivity index (χ4v) is 4.08. The zero-order valence-corrected chi connectivity index (χ0v) is 19.5. The van der Waals surface area contributed by atoms with Crippen LogP contribution in [-0.4, -0.2) is 59.3 Å². The number of carbonyl (C=O) groups excluding carboxylic acids is 1. The predicted octanol–water partition coefficient (Wildman–Crippen LogP) is 3.69. The van der Waals surface area contributed by atoms with Gasteiger partial charge in [0.25, 0.3) is 5.91 Å². The summed E-state index contributed by atoms with van der Waals surface area (Å²) in [6, 6.07) is 7.09. The number of hydrogen-bond donors (Lipinski definition) is 3. The summed E-state index contributed by atoms with van der Waals surface area (Å²) < 4.78 is 17.4. The number of pyridine rings is 1. The minimum atomic E-state index is -0.190. The number of hydrogen-bond acceptors (Lipinski definition) is 8. The lowest BCUT2D eigenvalue weighted by Gasteiger charge is -2.23. The van der Waals surface area contributed by atoms with Crippen LogP contribution in [0.3, 0.4) is 0 Å². The van der Waals surface area contributed by atoms with Crippen LogP contribution in [0.15, 0.2) is 49.1 Å². The van der Waals surface area contributed by atoms with Gasteiger partial charge >= 0.3 is 0 Å². The van der Waals surface area contributed by atoms with Crippen molar-refractivity contribution in [1.29, 1.82) is 0 Å². The molecule has 0 atom stereocenters. The molecule has 35 heavy (non-hydrogen) atoms. The Morgan fingerprint density at radius 1 is 1.20 bits per heavy atom. The van der Waals surface area contributed by atoms with Crippen LogP contribution in [0.5, 0.6) is 11.6 Å². The van der Waals surface area contributed by atoms with Crippen molar-refractivity contribution >= 4 is 28.3 Å². The van der Waals surface area contributed by atoms with E-state index in [1.165, 1.54) is 0 Å². The number of benzene rings is 1. The summed E-state index contributed by atoms with van der Waals surface area (Å²) in [5.74, 6) is 1.40. The molecular formula is C25H26N6O4. The van der Waals surface area contributed by atoms with Crippen LogP contribution >= 0.6 is 0 Å². The number of aromatic nitrogens is 4. The third-order valence-electron chi connectivity index (χ3n) is 5.87. The molecule has 1 fully saturated rings. The first-order valence-electron chi connectivity index (χ1n) is 11.4. The quantitative estimate of drug-likeness (QED) is 0.371. The van der Waals surface area contributed by atoms with Gasteiger partial charge in [-0.05, 0) is 18.2 Å². The maximum Gasteiger partial charge on any atom is 0.251 e. The van der Waals surface area contributed by atoms with Gasteiger partial charge in [-0.15, -0.1) is 0 Å². The zero-order chi connectivity index (χ0) is 24.2. The van der Waals surface area contributed by atoms with Gasteiger partial charge in [0.2, 0.25) is 5.88 Å². The van der Waals surface area contributed by atoms with E-state index < -0.39 is 0 Å². The number of H-pyrrole nitrogens is 1. The van der Waals surface area contributed by atoms with Crippen molar-refractivity contribution in [2.45, 2.75) is 18.9 Å². The highest BCUT2D eigenvalue weighted by Gasteiger charge is 2.22. The van der Waals surface area contributed by atoms with E-state index in [0.717, 1.165) is 35.0 Å².